The van der Waals surface area contributed by atoms with Gasteiger partial charge < -0.3 is 10.1 Å². The van der Waals surface area contributed by atoms with Gasteiger partial charge in [-0.25, -0.2) is 4.72 Å². The number of carbonyl (C=O) groups excluding carboxylic acids is 1. The zero-order valence-corrected chi connectivity index (χ0v) is 18.2. The van der Waals surface area contributed by atoms with E-state index in [1.165, 1.54) is 41.7 Å². The molecule has 0 spiro atoms. The molecule has 0 fully saturated rings. The van der Waals surface area contributed by atoms with Crippen molar-refractivity contribution >= 4 is 27.7 Å². The Balaban J connectivity index is 1.98. The van der Waals surface area contributed by atoms with Crippen LogP contribution in [0.15, 0.2) is 42.5 Å². The third kappa shape index (κ3) is 6.82. The average molecular weight is 480 g/mol. The van der Waals surface area contributed by atoms with Gasteiger partial charge in [0.15, 0.2) is 0 Å². The van der Waals surface area contributed by atoms with E-state index in [2.05, 4.69) is 10.0 Å². The van der Waals surface area contributed by atoms with Crippen molar-refractivity contribution in [2.45, 2.75) is 13.1 Å². The van der Waals surface area contributed by atoms with Crippen LogP contribution in [0.4, 0.5) is 13.2 Å². The molecule has 0 bridgehead atoms. The minimum Gasteiger partial charge on any atom is -0.457 e. The Hall–Kier alpha value is -2.34. The molecule has 0 saturated heterocycles. The molecule has 0 aromatic heterocycles. The van der Waals surface area contributed by atoms with Crippen molar-refractivity contribution in [3.05, 3.63) is 58.6 Å². The van der Waals surface area contributed by atoms with Gasteiger partial charge in [0.05, 0.1) is 10.6 Å². The van der Waals surface area contributed by atoms with Gasteiger partial charge in [-0.3, -0.25) is 4.79 Å². The lowest BCUT2D eigenvalue weighted by Crippen LogP contribution is -2.43. The first-order valence-electron chi connectivity index (χ1n) is 9.09. The van der Waals surface area contributed by atoms with E-state index in [1.54, 1.807) is 6.92 Å². The highest BCUT2D eigenvalue weighted by molar-refractivity contribution is 7.87. The molecule has 31 heavy (non-hydrogen) atoms. The molecule has 0 aliphatic heterocycles. The van der Waals surface area contributed by atoms with Crippen LogP contribution < -0.4 is 14.8 Å². The van der Waals surface area contributed by atoms with E-state index in [0.29, 0.717) is 0 Å². The molecule has 1 amide bonds. The van der Waals surface area contributed by atoms with E-state index < -0.39 is 32.9 Å². The Kier molecular flexibility index (Phi) is 8.29. The van der Waals surface area contributed by atoms with Crippen LogP contribution in [0.25, 0.3) is 0 Å². The molecule has 2 aromatic rings. The van der Waals surface area contributed by atoms with E-state index in [4.69, 9.17) is 16.3 Å². The first-order valence-corrected chi connectivity index (χ1v) is 10.9. The molecule has 2 N–H and O–H groups in total. The number of halogens is 4. The van der Waals surface area contributed by atoms with Crippen molar-refractivity contribution in [1.82, 2.24) is 14.3 Å². The Bertz CT molecular complexity index is 1020. The fraction of sp³-hybridized carbons (Fsp3) is 0.316. The van der Waals surface area contributed by atoms with Crippen molar-refractivity contribution < 1.29 is 31.1 Å². The van der Waals surface area contributed by atoms with E-state index >= 15 is 0 Å². The highest BCUT2D eigenvalue weighted by Gasteiger charge is 2.33. The maximum atomic E-state index is 12.9. The van der Waals surface area contributed by atoms with Crippen molar-refractivity contribution in [1.29, 1.82) is 0 Å². The molecular formula is C19H21ClF3N3O4S. The van der Waals surface area contributed by atoms with Crippen LogP contribution in [0.2, 0.25) is 5.02 Å². The topological polar surface area (TPSA) is 87.7 Å². The van der Waals surface area contributed by atoms with Crippen molar-refractivity contribution in [2.24, 2.45) is 0 Å². The van der Waals surface area contributed by atoms with Crippen LogP contribution in [0, 0.1) is 0 Å². The summed E-state index contributed by atoms with van der Waals surface area (Å²) in [5, 5.41) is 2.17. The van der Waals surface area contributed by atoms with E-state index in [0.717, 1.165) is 12.1 Å². The lowest BCUT2D eigenvalue weighted by Gasteiger charge is -2.19. The summed E-state index contributed by atoms with van der Waals surface area (Å²) >= 11 is 5.58. The molecular weight excluding hydrogens is 459 g/mol. The number of hydrogen-bond acceptors (Lipinski definition) is 4. The molecule has 0 unspecified atom stereocenters. The summed E-state index contributed by atoms with van der Waals surface area (Å²) < 4.78 is 71.2. The number of benzene rings is 2. The van der Waals surface area contributed by atoms with Gasteiger partial charge in [-0.1, -0.05) is 18.5 Å². The molecule has 0 aliphatic carbocycles. The molecule has 12 heteroatoms. The van der Waals surface area contributed by atoms with E-state index in [1.807, 2.05) is 0 Å². The second kappa shape index (κ2) is 10.3. The predicted molar refractivity (Wildman–Crippen MR) is 111 cm³/mol. The predicted octanol–water partition coefficient (Wildman–Crippen LogP) is 3.67. The summed E-state index contributed by atoms with van der Waals surface area (Å²) in [4.78, 5) is 12.2. The van der Waals surface area contributed by atoms with Crippen LogP contribution in [-0.4, -0.2) is 45.3 Å². The number of nitrogens with zero attached hydrogens (tertiary/aromatic N) is 1. The van der Waals surface area contributed by atoms with Crippen LogP contribution in [-0.2, 0) is 16.4 Å². The summed E-state index contributed by atoms with van der Waals surface area (Å²) in [6.45, 7) is 2.10. The number of carbonyl (C=O) groups is 1. The Morgan fingerprint density at radius 2 is 1.74 bits per heavy atom. The summed E-state index contributed by atoms with van der Waals surface area (Å²) in [6.07, 6.45) is -4.61. The Morgan fingerprint density at radius 3 is 2.29 bits per heavy atom. The third-order valence-corrected chi connectivity index (χ3v) is 6.16. The van der Waals surface area contributed by atoms with E-state index in [9.17, 15) is 26.4 Å². The van der Waals surface area contributed by atoms with Gasteiger partial charge in [0.25, 0.3) is 16.1 Å². The molecule has 2 rings (SSSR count). The second-order valence-corrected chi connectivity index (χ2v) is 8.50. The molecule has 0 atom stereocenters. The molecule has 0 aliphatic rings. The monoisotopic (exact) mass is 479 g/mol. The molecule has 0 saturated carbocycles. The zero-order chi connectivity index (χ0) is 23.2. The van der Waals surface area contributed by atoms with Crippen LogP contribution in [0.1, 0.15) is 22.8 Å². The third-order valence-electron chi connectivity index (χ3n) is 4.19. The van der Waals surface area contributed by atoms with Gasteiger partial charge >= 0.3 is 6.18 Å². The number of alkyl halides is 3. The number of hydrogen-bond donors (Lipinski definition) is 2. The summed E-state index contributed by atoms with van der Waals surface area (Å²) in [7, 11) is -2.29. The minimum atomic E-state index is -4.61. The smallest absolute Gasteiger partial charge is 0.417 e. The number of ether oxygens (including phenoxy) is 1. The maximum Gasteiger partial charge on any atom is 0.417 e. The average Bonchev–Trinajstić information content (AvgIpc) is 2.72. The highest BCUT2D eigenvalue weighted by Crippen LogP contribution is 2.37. The van der Waals surface area contributed by atoms with Gasteiger partial charge in [0.2, 0.25) is 0 Å². The fourth-order valence-corrected chi connectivity index (χ4v) is 3.72. The van der Waals surface area contributed by atoms with Gasteiger partial charge in [0.1, 0.15) is 11.5 Å². The second-order valence-electron chi connectivity index (χ2n) is 6.22. The van der Waals surface area contributed by atoms with Gasteiger partial charge in [-0.2, -0.15) is 25.9 Å². The molecule has 7 nitrogen and oxygen atoms in total. The molecule has 0 heterocycles. The van der Waals surface area contributed by atoms with Crippen LogP contribution >= 0.6 is 11.6 Å². The Labute approximate surface area is 183 Å². The molecule has 0 radical (unpaired) electrons. The standard InChI is InChI=1S/C19H21ClF3N3O4S/c1-3-26(31(28,29)24-2)11-10-25-18(27)13-4-6-14(7-5-13)30-15-8-9-17(20)16(12-15)19(21,22)23/h4-9,12,24H,3,10-11H2,1-2H3,(H,25,27). The summed E-state index contributed by atoms with van der Waals surface area (Å²) in [5.41, 5.74) is -0.733. The quantitative estimate of drug-likeness (QED) is 0.574. The lowest BCUT2D eigenvalue weighted by molar-refractivity contribution is -0.137. The summed E-state index contributed by atoms with van der Waals surface area (Å²) in [5.74, 6) is -0.265. The van der Waals surface area contributed by atoms with Gasteiger partial charge in [-0.15, -0.1) is 0 Å². The lowest BCUT2D eigenvalue weighted by atomic mass is 10.2. The number of amides is 1. The van der Waals surface area contributed by atoms with Gasteiger partial charge in [0, 0.05) is 32.2 Å². The molecule has 2 aromatic carbocycles. The van der Waals surface area contributed by atoms with Crippen molar-refractivity contribution in [3.63, 3.8) is 0 Å². The first-order chi connectivity index (χ1) is 14.5. The normalized spacial score (nSPS) is 12.1. The van der Waals surface area contributed by atoms with Crippen LogP contribution in [0.5, 0.6) is 11.5 Å². The largest absolute Gasteiger partial charge is 0.457 e. The zero-order valence-electron chi connectivity index (χ0n) is 16.7. The summed E-state index contributed by atoms with van der Waals surface area (Å²) in [6, 6.07) is 8.93. The number of nitrogens with one attached hydrogen (secondary N) is 2. The highest BCUT2D eigenvalue weighted by atomic mass is 35.5. The number of rotatable bonds is 9. The number of likely N-dealkylation sites (N-methyl/N-ethyl adjacent to an activating group) is 1. The SMILES string of the molecule is CCN(CCNC(=O)c1ccc(Oc2ccc(Cl)c(C(F)(F)F)c2)cc1)S(=O)(=O)NC. The van der Waals surface area contributed by atoms with Gasteiger partial charge in [-0.05, 0) is 42.5 Å². The molecule has 170 valence electrons. The van der Waals surface area contributed by atoms with Crippen molar-refractivity contribution in [2.75, 3.05) is 26.7 Å². The minimum absolute atomic E-state index is 0.0562. The Morgan fingerprint density at radius 1 is 1.13 bits per heavy atom. The van der Waals surface area contributed by atoms with Crippen LogP contribution in [0.3, 0.4) is 0 Å². The maximum absolute atomic E-state index is 12.9. The van der Waals surface area contributed by atoms with Crippen molar-refractivity contribution in [3.8, 4) is 11.5 Å². The fourth-order valence-electron chi connectivity index (χ4n) is 2.57. The van der Waals surface area contributed by atoms with E-state index in [-0.39, 0.29) is 36.7 Å². The first kappa shape index (κ1) is 24.9.